The van der Waals surface area contributed by atoms with E-state index < -0.39 is 21.9 Å². The zero-order valence-electron chi connectivity index (χ0n) is 14.1. The molecule has 0 fully saturated rings. The first-order valence-corrected chi connectivity index (χ1v) is 8.91. The predicted molar refractivity (Wildman–Crippen MR) is 95.1 cm³/mol. The number of esters is 1. The van der Waals surface area contributed by atoms with Gasteiger partial charge in [0.1, 0.15) is 5.75 Å². The molecule has 8 heteroatoms. The molecule has 26 heavy (non-hydrogen) atoms. The average Bonchev–Trinajstić information content (AvgIpc) is 2.66. The maximum absolute atomic E-state index is 12.2. The minimum atomic E-state index is -4.01. The first kappa shape index (κ1) is 19.2. The van der Waals surface area contributed by atoms with Crippen LogP contribution in [0.1, 0.15) is 15.9 Å². The van der Waals surface area contributed by atoms with Crippen molar-refractivity contribution in [3.05, 3.63) is 65.7 Å². The summed E-state index contributed by atoms with van der Waals surface area (Å²) < 4.78 is 35.9. The lowest BCUT2D eigenvalue weighted by molar-refractivity contribution is -0.114. The summed E-state index contributed by atoms with van der Waals surface area (Å²) in [6.45, 7) is 0. The first-order chi connectivity index (χ1) is 12.4. The number of sulfonamides is 1. The molecule has 1 amide bonds. The molecule has 2 aromatic carbocycles. The second kappa shape index (κ2) is 8.30. The summed E-state index contributed by atoms with van der Waals surface area (Å²) in [6.07, 6.45) is 2.52. The number of hydrogen-bond donors (Lipinski definition) is 1. The van der Waals surface area contributed by atoms with E-state index in [9.17, 15) is 18.0 Å². The van der Waals surface area contributed by atoms with Gasteiger partial charge in [-0.25, -0.2) is 17.9 Å². The van der Waals surface area contributed by atoms with Gasteiger partial charge in [-0.2, -0.15) is 0 Å². The molecule has 2 aromatic rings. The molecule has 0 aliphatic heterocycles. The molecule has 1 N–H and O–H groups in total. The third-order valence-corrected chi connectivity index (χ3v) is 4.69. The van der Waals surface area contributed by atoms with Crippen LogP contribution in [0.2, 0.25) is 0 Å². The zero-order chi connectivity index (χ0) is 19.2. The van der Waals surface area contributed by atoms with Gasteiger partial charge in [0.2, 0.25) is 0 Å². The van der Waals surface area contributed by atoms with Gasteiger partial charge in [0.25, 0.3) is 15.9 Å². The maximum atomic E-state index is 12.2. The highest BCUT2D eigenvalue weighted by Gasteiger charge is 2.16. The van der Waals surface area contributed by atoms with Crippen LogP contribution in [0.5, 0.6) is 5.75 Å². The van der Waals surface area contributed by atoms with Crippen LogP contribution in [0.15, 0.2) is 59.5 Å². The second-order valence-electron chi connectivity index (χ2n) is 5.10. The Morgan fingerprint density at radius 3 is 2.35 bits per heavy atom. The molecule has 0 radical (unpaired) electrons. The van der Waals surface area contributed by atoms with E-state index in [1.165, 1.54) is 50.6 Å². The van der Waals surface area contributed by atoms with Crippen molar-refractivity contribution in [2.24, 2.45) is 0 Å². The van der Waals surface area contributed by atoms with Crippen LogP contribution in [-0.4, -0.2) is 34.5 Å². The molecule has 7 nitrogen and oxygen atoms in total. The van der Waals surface area contributed by atoms with E-state index >= 15 is 0 Å². The van der Waals surface area contributed by atoms with E-state index in [-0.39, 0.29) is 4.90 Å². The highest BCUT2D eigenvalue weighted by atomic mass is 32.2. The average molecular weight is 375 g/mol. The Labute approximate surface area is 151 Å². The number of hydrogen-bond acceptors (Lipinski definition) is 6. The molecule has 2 rings (SSSR count). The Morgan fingerprint density at radius 1 is 1.04 bits per heavy atom. The van der Waals surface area contributed by atoms with Crippen LogP contribution < -0.4 is 9.46 Å². The van der Waals surface area contributed by atoms with Gasteiger partial charge in [-0.3, -0.25) is 4.79 Å². The molecule has 0 spiro atoms. The van der Waals surface area contributed by atoms with Crippen molar-refractivity contribution >= 4 is 28.0 Å². The number of methoxy groups -OCH3 is 2. The number of carbonyl (C=O) groups is 2. The van der Waals surface area contributed by atoms with Gasteiger partial charge < -0.3 is 9.47 Å². The van der Waals surface area contributed by atoms with Crippen LogP contribution in [0.25, 0.3) is 6.08 Å². The molecule has 0 saturated heterocycles. The Kier molecular flexibility index (Phi) is 6.13. The van der Waals surface area contributed by atoms with Crippen LogP contribution in [-0.2, 0) is 19.6 Å². The van der Waals surface area contributed by atoms with Crippen molar-refractivity contribution in [3.8, 4) is 5.75 Å². The SMILES string of the molecule is COC(=O)c1ccc(C=CC(=O)NS(=O)(=O)c2cccc(OC)c2)cc1. The summed E-state index contributed by atoms with van der Waals surface area (Å²) in [5, 5.41) is 0. The van der Waals surface area contributed by atoms with Crippen molar-refractivity contribution in [2.75, 3.05) is 14.2 Å². The number of carbonyl (C=O) groups excluding carboxylic acids is 2. The van der Waals surface area contributed by atoms with E-state index in [4.69, 9.17) is 4.74 Å². The second-order valence-corrected chi connectivity index (χ2v) is 6.78. The fourth-order valence-corrected chi connectivity index (χ4v) is 2.99. The number of nitrogens with one attached hydrogen (secondary N) is 1. The summed E-state index contributed by atoms with van der Waals surface area (Å²) in [5.74, 6) is -0.908. The summed E-state index contributed by atoms with van der Waals surface area (Å²) >= 11 is 0. The maximum Gasteiger partial charge on any atom is 0.337 e. The number of ether oxygens (including phenoxy) is 2. The third-order valence-electron chi connectivity index (χ3n) is 3.35. The van der Waals surface area contributed by atoms with Crippen molar-refractivity contribution in [1.29, 1.82) is 0 Å². The first-order valence-electron chi connectivity index (χ1n) is 7.43. The number of amides is 1. The Hall–Kier alpha value is -3.13. The Balaban J connectivity index is 2.07. The summed E-state index contributed by atoms with van der Waals surface area (Å²) in [5.41, 5.74) is 0.987. The number of rotatable bonds is 6. The van der Waals surface area contributed by atoms with E-state index in [0.717, 1.165) is 6.08 Å². The smallest absolute Gasteiger partial charge is 0.337 e. The number of benzene rings is 2. The molecule has 0 atom stereocenters. The minimum Gasteiger partial charge on any atom is -0.497 e. The van der Waals surface area contributed by atoms with Crippen LogP contribution in [0.3, 0.4) is 0 Å². The molecule has 0 aliphatic rings. The van der Waals surface area contributed by atoms with Gasteiger partial charge >= 0.3 is 5.97 Å². The fraction of sp³-hybridized carbons (Fsp3) is 0.111. The molecule has 0 heterocycles. The van der Waals surface area contributed by atoms with Crippen LogP contribution in [0.4, 0.5) is 0 Å². The summed E-state index contributed by atoms with van der Waals surface area (Å²) in [4.78, 5) is 23.2. The van der Waals surface area contributed by atoms with Crippen molar-refractivity contribution in [1.82, 2.24) is 4.72 Å². The molecular weight excluding hydrogens is 358 g/mol. The van der Waals surface area contributed by atoms with Gasteiger partial charge in [-0.15, -0.1) is 0 Å². The van der Waals surface area contributed by atoms with Crippen LogP contribution >= 0.6 is 0 Å². The lowest BCUT2D eigenvalue weighted by Gasteiger charge is -2.06. The van der Waals surface area contributed by atoms with Gasteiger partial charge in [0, 0.05) is 12.1 Å². The molecule has 0 aliphatic carbocycles. The normalized spacial score (nSPS) is 11.2. The fourth-order valence-electron chi connectivity index (χ4n) is 2.01. The van der Waals surface area contributed by atoms with Gasteiger partial charge in [-0.05, 0) is 35.9 Å². The van der Waals surface area contributed by atoms with Crippen molar-refractivity contribution in [3.63, 3.8) is 0 Å². The lowest BCUT2D eigenvalue weighted by atomic mass is 10.1. The van der Waals surface area contributed by atoms with Crippen molar-refractivity contribution in [2.45, 2.75) is 4.90 Å². The highest BCUT2D eigenvalue weighted by Crippen LogP contribution is 2.16. The largest absolute Gasteiger partial charge is 0.497 e. The molecule has 0 aromatic heterocycles. The molecular formula is C18H17NO6S. The Morgan fingerprint density at radius 2 is 1.73 bits per heavy atom. The van der Waals surface area contributed by atoms with Gasteiger partial charge in [-0.1, -0.05) is 18.2 Å². The minimum absolute atomic E-state index is 0.0824. The quantitative estimate of drug-likeness (QED) is 0.612. The third kappa shape index (κ3) is 4.93. The van der Waals surface area contributed by atoms with Crippen LogP contribution in [0, 0.1) is 0 Å². The summed E-state index contributed by atoms with van der Waals surface area (Å²) in [7, 11) is -1.31. The molecule has 0 unspecified atom stereocenters. The monoisotopic (exact) mass is 375 g/mol. The Bertz CT molecular complexity index is 932. The van der Waals surface area contributed by atoms with E-state index in [2.05, 4.69) is 4.74 Å². The van der Waals surface area contributed by atoms with Gasteiger partial charge in [0.15, 0.2) is 0 Å². The summed E-state index contributed by atoms with van der Waals surface area (Å²) in [6, 6.07) is 12.1. The van der Waals surface area contributed by atoms with Crippen molar-refractivity contribution < 1.29 is 27.5 Å². The predicted octanol–water partition coefficient (Wildman–Crippen LogP) is 2.00. The molecule has 0 saturated carbocycles. The lowest BCUT2D eigenvalue weighted by Crippen LogP contribution is -2.28. The molecule has 0 bridgehead atoms. The standard InChI is InChI=1S/C18H17NO6S/c1-24-15-4-3-5-16(12-15)26(22,23)19-17(20)11-8-13-6-9-14(10-7-13)18(21)25-2/h3-12H,1-2H3,(H,19,20). The van der Waals surface area contributed by atoms with E-state index in [1.54, 1.807) is 18.2 Å². The van der Waals surface area contributed by atoms with Gasteiger partial charge in [0.05, 0.1) is 24.7 Å². The highest BCUT2D eigenvalue weighted by molar-refractivity contribution is 7.90. The van der Waals surface area contributed by atoms with E-state index in [0.29, 0.717) is 16.9 Å². The zero-order valence-corrected chi connectivity index (χ0v) is 14.9. The van der Waals surface area contributed by atoms with E-state index in [1.807, 2.05) is 4.72 Å². The molecule has 136 valence electrons. The topological polar surface area (TPSA) is 98.8 Å².